The zero-order valence-electron chi connectivity index (χ0n) is 24.3. The van der Waals surface area contributed by atoms with Gasteiger partial charge in [0.05, 0.1) is 11.5 Å². The second kappa shape index (κ2) is 7.71. The molecule has 4 fully saturated rings. The summed E-state index contributed by atoms with van der Waals surface area (Å²) in [5, 5.41) is -0.0660. The van der Waals surface area contributed by atoms with Crippen LogP contribution in [-0.2, 0) is 28.2 Å². The maximum atomic E-state index is 15.2. The van der Waals surface area contributed by atoms with Crippen molar-refractivity contribution in [2.45, 2.75) is 111 Å². The first kappa shape index (κ1) is 26.9. The van der Waals surface area contributed by atoms with Crippen molar-refractivity contribution in [2.24, 2.45) is 40.4 Å². The van der Waals surface area contributed by atoms with Crippen molar-refractivity contribution < 1.29 is 33.0 Å². The first-order valence-corrected chi connectivity index (χ1v) is 16.7. The van der Waals surface area contributed by atoms with E-state index in [0.29, 0.717) is 5.92 Å². The summed E-state index contributed by atoms with van der Waals surface area (Å²) >= 11 is 0. The molecule has 0 aromatic carbocycles. The van der Waals surface area contributed by atoms with E-state index >= 15 is 4.79 Å². The molecule has 206 valence electrons. The smallest absolute Gasteiger partial charge is 0.454 e. The molecule has 3 unspecified atom stereocenters. The van der Waals surface area contributed by atoms with Gasteiger partial charge in [0.25, 0.3) is 0 Å². The van der Waals surface area contributed by atoms with Crippen LogP contribution in [0.15, 0.2) is 11.6 Å². The Morgan fingerprint density at radius 3 is 2.35 bits per heavy atom. The molecule has 0 aromatic heterocycles. The Labute approximate surface area is 222 Å². The van der Waals surface area contributed by atoms with Crippen molar-refractivity contribution in [2.75, 3.05) is 0 Å². The van der Waals surface area contributed by atoms with Crippen molar-refractivity contribution in [3.8, 4) is 0 Å². The van der Waals surface area contributed by atoms with Crippen LogP contribution in [0, 0.1) is 40.4 Å². The number of esters is 1. The molecule has 7 nitrogen and oxygen atoms in total. The number of hydrogen-bond acceptors (Lipinski definition) is 7. The fourth-order valence-corrected chi connectivity index (χ4v) is 9.82. The topological polar surface area (TPSA) is 88.1 Å². The molecule has 2 bridgehead atoms. The molecule has 1 heterocycles. The highest BCUT2D eigenvalue weighted by molar-refractivity contribution is 6.74. The number of fused-ring (bicyclic) bond motifs is 3. The van der Waals surface area contributed by atoms with Gasteiger partial charge in [0.15, 0.2) is 26.3 Å². The van der Waals surface area contributed by atoms with Gasteiger partial charge in [-0.25, -0.2) is 4.79 Å². The third-order valence-corrected chi connectivity index (χ3v) is 15.8. The average Bonchev–Trinajstić information content (AvgIpc) is 3.03. The van der Waals surface area contributed by atoms with Crippen molar-refractivity contribution in [1.82, 2.24) is 0 Å². The van der Waals surface area contributed by atoms with Gasteiger partial charge in [0.2, 0.25) is 5.60 Å². The van der Waals surface area contributed by atoms with Crippen LogP contribution in [0.25, 0.3) is 0 Å². The van der Waals surface area contributed by atoms with Gasteiger partial charge in [-0.3, -0.25) is 9.59 Å². The Hall–Kier alpha value is -1.67. The molecule has 2 spiro atoms. The Kier molecular flexibility index (Phi) is 5.61. The molecule has 5 aliphatic rings. The van der Waals surface area contributed by atoms with Gasteiger partial charge >= 0.3 is 12.1 Å². The predicted octanol–water partition coefficient (Wildman–Crippen LogP) is 5.68. The van der Waals surface area contributed by atoms with Gasteiger partial charge in [-0.1, -0.05) is 54.5 Å². The molecule has 0 radical (unpaired) electrons. The second-order valence-corrected chi connectivity index (χ2v) is 19.4. The summed E-state index contributed by atoms with van der Waals surface area (Å²) in [6, 6.07) is 0. The number of carbonyl (C=O) groups excluding carboxylic acids is 3. The number of ether oxygens (including phenoxy) is 3. The van der Waals surface area contributed by atoms with Crippen molar-refractivity contribution in [3.63, 3.8) is 0 Å². The lowest BCUT2D eigenvalue weighted by Crippen LogP contribution is -2.65. The van der Waals surface area contributed by atoms with E-state index in [9.17, 15) is 9.59 Å². The number of hydrogen-bond donors (Lipinski definition) is 0. The van der Waals surface area contributed by atoms with Crippen LogP contribution in [0.1, 0.15) is 68.7 Å². The van der Waals surface area contributed by atoms with Gasteiger partial charge < -0.3 is 18.6 Å². The monoisotopic (exact) mass is 532 g/mol. The highest BCUT2D eigenvalue weighted by atomic mass is 28.4. The SMILES string of the molecule is CC(=O)O[C@H]1C(C)=C[C@@]23C(=O)[C@H](C4[C@@H](C[C@H]2C)C4(C)C)[C@H](O[Si](C)(C)C(C)(C)C)[C@H](C)C2OC(=O)OC213. The Bertz CT molecular complexity index is 1090. The molecule has 3 saturated carbocycles. The summed E-state index contributed by atoms with van der Waals surface area (Å²) in [7, 11) is -2.33. The molecule has 10 atom stereocenters. The summed E-state index contributed by atoms with van der Waals surface area (Å²) in [6.45, 7) is 22.9. The number of ketones is 1. The molecule has 1 aliphatic heterocycles. The molecule has 0 N–H and O–H groups in total. The fourth-order valence-electron chi connectivity index (χ4n) is 8.42. The number of carbonyl (C=O) groups is 3. The first-order valence-electron chi connectivity index (χ1n) is 13.8. The van der Waals surface area contributed by atoms with Gasteiger partial charge in [-0.05, 0) is 60.2 Å². The number of rotatable bonds is 3. The van der Waals surface area contributed by atoms with E-state index in [4.69, 9.17) is 18.6 Å². The van der Waals surface area contributed by atoms with Crippen LogP contribution in [0.4, 0.5) is 4.79 Å². The normalized spacial score (nSPS) is 45.9. The maximum Gasteiger partial charge on any atom is 0.509 e. The third kappa shape index (κ3) is 3.23. The fraction of sp³-hybridized carbons (Fsp3) is 0.828. The minimum Gasteiger partial charge on any atom is -0.454 e. The van der Waals surface area contributed by atoms with E-state index in [1.54, 1.807) is 0 Å². The van der Waals surface area contributed by atoms with Crippen LogP contribution in [-0.4, -0.2) is 50.1 Å². The molecule has 5 rings (SSSR count). The van der Waals surface area contributed by atoms with Gasteiger partial charge in [0, 0.05) is 18.8 Å². The highest BCUT2D eigenvalue weighted by Crippen LogP contribution is 2.74. The quantitative estimate of drug-likeness (QED) is 0.263. The van der Waals surface area contributed by atoms with Crippen LogP contribution in [0.5, 0.6) is 0 Å². The third-order valence-electron chi connectivity index (χ3n) is 11.3. The molecule has 0 amide bonds. The van der Waals surface area contributed by atoms with E-state index in [-0.39, 0.29) is 39.9 Å². The van der Waals surface area contributed by atoms with E-state index < -0.39 is 49.8 Å². The largest absolute Gasteiger partial charge is 0.509 e. The second-order valence-electron chi connectivity index (χ2n) is 14.6. The first-order chi connectivity index (χ1) is 16.8. The zero-order chi connectivity index (χ0) is 27.7. The summed E-state index contributed by atoms with van der Waals surface area (Å²) in [5.74, 6) is -0.719. The lowest BCUT2D eigenvalue weighted by atomic mass is 9.59. The molecule has 1 saturated heterocycles. The Morgan fingerprint density at radius 2 is 1.78 bits per heavy atom. The lowest BCUT2D eigenvalue weighted by Gasteiger charge is -2.47. The van der Waals surface area contributed by atoms with Crippen molar-refractivity contribution in [3.05, 3.63) is 11.6 Å². The summed E-state index contributed by atoms with van der Waals surface area (Å²) in [5.41, 5.74) is -1.84. The maximum absolute atomic E-state index is 15.2. The summed E-state index contributed by atoms with van der Waals surface area (Å²) < 4.78 is 25.2. The summed E-state index contributed by atoms with van der Waals surface area (Å²) in [4.78, 5) is 40.5. The van der Waals surface area contributed by atoms with Gasteiger partial charge in [-0.15, -0.1) is 0 Å². The van der Waals surface area contributed by atoms with E-state index in [0.717, 1.165) is 12.0 Å². The Morgan fingerprint density at radius 1 is 1.16 bits per heavy atom. The van der Waals surface area contributed by atoms with E-state index in [1.807, 2.05) is 19.9 Å². The standard InChI is InChI=1S/C29H44O7Si/c1-14-13-28-15(2)12-18-20(27(18,8)9)19(22(28)31)21(36-37(10,11)26(5,6)7)16(3)24-29(28,35-25(32)34-24)23(14)33-17(4)30/h13,15-16,18-21,23-24H,12H2,1-11H3/t15-,16+,18-,19-,20?,21-,23+,24?,28+,29?/m1/s1. The molecular formula is C29H44O7Si. The highest BCUT2D eigenvalue weighted by Gasteiger charge is 2.83. The molecular weight excluding hydrogens is 488 g/mol. The average molecular weight is 533 g/mol. The zero-order valence-corrected chi connectivity index (χ0v) is 25.3. The van der Waals surface area contributed by atoms with Crippen LogP contribution >= 0.6 is 0 Å². The molecule has 4 aliphatic carbocycles. The summed E-state index contributed by atoms with van der Waals surface area (Å²) in [6.07, 6.45) is -0.125. The van der Waals surface area contributed by atoms with E-state index in [1.165, 1.54) is 6.92 Å². The van der Waals surface area contributed by atoms with Crippen LogP contribution in [0.3, 0.4) is 0 Å². The molecule has 0 aromatic rings. The van der Waals surface area contributed by atoms with E-state index in [2.05, 4.69) is 54.6 Å². The van der Waals surface area contributed by atoms with Crippen molar-refractivity contribution >= 4 is 26.2 Å². The minimum atomic E-state index is -2.33. The molecule has 37 heavy (non-hydrogen) atoms. The predicted molar refractivity (Wildman–Crippen MR) is 140 cm³/mol. The lowest BCUT2D eigenvalue weighted by molar-refractivity contribution is -0.181. The number of Topliss-reactive ketones (excluding diaryl/α,β-unsaturated/α-hetero) is 1. The van der Waals surface area contributed by atoms with Crippen LogP contribution in [0.2, 0.25) is 18.1 Å². The van der Waals surface area contributed by atoms with Gasteiger partial charge in [0.1, 0.15) is 0 Å². The van der Waals surface area contributed by atoms with Crippen LogP contribution < -0.4 is 0 Å². The Balaban J connectivity index is 1.77. The minimum absolute atomic E-state index is 0.0156. The van der Waals surface area contributed by atoms with Gasteiger partial charge in [-0.2, -0.15) is 0 Å². The molecule has 8 heteroatoms. The van der Waals surface area contributed by atoms with Crippen molar-refractivity contribution in [1.29, 1.82) is 0 Å².